The molecule has 0 saturated carbocycles. The van der Waals surface area contributed by atoms with E-state index in [1.54, 1.807) is 0 Å². The molecule has 8 heteroatoms. The maximum absolute atomic E-state index is 8.62. The zero-order chi connectivity index (χ0) is 4.83. The minimum atomic E-state index is 0. The van der Waals surface area contributed by atoms with Crippen LogP contribution < -0.4 is 113 Å². The summed E-state index contributed by atoms with van der Waals surface area (Å²) in [7, 11) is 0. The first-order valence-corrected chi connectivity index (χ1v) is 0.833. The van der Waals surface area contributed by atoms with Gasteiger partial charge in [-0.1, -0.05) is 0 Å². The molecule has 38 valence electrons. The predicted molar refractivity (Wildman–Crippen MR) is 4.34 cm³/mol. The van der Waals surface area contributed by atoms with Gasteiger partial charge in [0, 0.05) is 0 Å². The molecule has 0 spiro atoms. The van der Waals surface area contributed by atoms with E-state index in [0.717, 1.165) is 0 Å². The molecule has 0 aromatic rings. The summed E-state index contributed by atoms with van der Waals surface area (Å²) in [6.07, 6.45) is 0. The minimum Gasteiger partial charge on any atom is -0.689 e. The second-order valence-electron chi connectivity index (χ2n) is 0.272. The van der Waals surface area contributed by atoms with E-state index in [2.05, 4.69) is 20.2 Å². The van der Waals surface area contributed by atoms with Crippen LogP contribution in [0.15, 0.2) is 0 Å². The van der Waals surface area contributed by atoms with Crippen molar-refractivity contribution < 1.29 is 133 Å². The molecule has 0 unspecified atom stereocenters. The Labute approximate surface area is 130 Å². The summed E-state index contributed by atoms with van der Waals surface area (Å²) in [5.74, 6) is 0. The fraction of sp³-hybridized carbons (Fsp3) is 0. The van der Waals surface area contributed by atoms with Crippen molar-refractivity contribution in [1.82, 2.24) is 0 Å². The fourth-order valence-electron chi connectivity index (χ4n) is 0.0227. The summed E-state index contributed by atoms with van der Waals surface area (Å²) in [5.41, 5.74) is 0. The molecule has 0 saturated heterocycles. The molecular formula is K2O6. The Bertz CT molecular complexity index is 18.5. The van der Waals surface area contributed by atoms with Crippen LogP contribution in [0.4, 0.5) is 0 Å². The van der Waals surface area contributed by atoms with Crippen molar-refractivity contribution in [3.63, 3.8) is 0 Å². The largest absolute Gasteiger partial charge is 1.00 e. The molecule has 0 rings (SSSR count). The molecule has 0 aliphatic heterocycles. The molecule has 6 nitrogen and oxygen atoms in total. The van der Waals surface area contributed by atoms with Gasteiger partial charge in [-0.15, -0.1) is 0 Å². The Morgan fingerprint density at radius 3 is 1.12 bits per heavy atom. The normalized spacial score (nSPS) is 6.75. The average Bonchev–Trinajstić information content (AvgIpc) is 1.61. The second kappa shape index (κ2) is 16.6. The average molecular weight is 174 g/mol. The molecule has 0 radical (unpaired) electrons. The molecule has 0 aliphatic rings. The van der Waals surface area contributed by atoms with Crippen LogP contribution in [0.1, 0.15) is 0 Å². The summed E-state index contributed by atoms with van der Waals surface area (Å²) in [6.45, 7) is 0. The van der Waals surface area contributed by atoms with E-state index in [9.17, 15) is 0 Å². The van der Waals surface area contributed by atoms with Gasteiger partial charge in [0.1, 0.15) is 0 Å². The fourth-order valence-corrected chi connectivity index (χ4v) is 0.0227. The van der Waals surface area contributed by atoms with Crippen LogP contribution in [0, 0.1) is 0 Å². The zero-order valence-corrected chi connectivity index (χ0v) is 10.7. The van der Waals surface area contributed by atoms with Crippen molar-refractivity contribution in [3.8, 4) is 0 Å². The molecule has 0 fully saturated rings. The van der Waals surface area contributed by atoms with Gasteiger partial charge in [-0.2, -0.15) is 0 Å². The van der Waals surface area contributed by atoms with E-state index in [1.165, 1.54) is 0 Å². The van der Waals surface area contributed by atoms with Gasteiger partial charge in [-0.3, -0.25) is 10.1 Å². The molecule has 0 amide bonds. The molecule has 0 heterocycles. The van der Waals surface area contributed by atoms with Gasteiger partial charge in [-0.05, 0) is 10.1 Å². The van der Waals surface area contributed by atoms with Crippen LogP contribution in [-0.4, -0.2) is 0 Å². The molecule has 0 aromatic heterocycles. The van der Waals surface area contributed by atoms with Crippen molar-refractivity contribution in [2.45, 2.75) is 0 Å². The van der Waals surface area contributed by atoms with Crippen LogP contribution in [0.25, 0.3) is 0 Å². The van der Waals surface area contributed by atoms with E-state index in [-0.39, 0.29) is 103 Å². The van der Waals surface area contributed by atoms with E-state index >= 15 is 0 Å². The van der Waals surface area contributed by atoms with Crippen LogP contribution in [0.2, 0.25) is 0 Å². The van der Waals surface area contributed by atoms with Crippen LogP contribution in [0.3, 0.4) is 0 Å². The van der Waals surface area contributed by atoms with Crippen LogP contribution in [-0.2, 0) is 20.2 Å². The number of rotatable bonds is 3. The van der Waals surface area contributed by atoms with Gasteiger partial charge in [0.2, 0.25) is 0 Å². The second-order valence-corrected chi connectivity index (χ2v) is 0.272. The summed E-state index contributed by atoms with van der Waals surface area (Å²) in [5, 5.41) is 28.0. The molecular weight excluding hydrogens is 174 g/mol. The van der Waals surface area contributed by atoms with Crippen LogP contribution in [0.5, 0.6) is 0 Å². The third kappa shape index (κ3) is 16.0. The van der Waals surface area contributed by atoms with Gasteiger partial charge < -0.3 is 10.5 Å². The van der Waals surface area contributed by atoms with E-state index < -0.39 is 0 Å². The number of hydrogen-bond donors (Lipinski definition) is 0. The maximum Gasteiger partial charge on any atom is 1.00 e. The Morgan fingerprint density at radius 2 is 1.00 bits per heavy atom. The zero-order valence-electron chi connectivity index (χ0n) is 4.45. The monoisotopic (exact) mass is 174 g/mol. The van der Waals surface area contributed by atoms with Crippen LogP contribution >= 0.6 is 0 Å². The maximum atomic E-state index is 8.62. The SMILES string of the molecule is [K+].[K+].[O-]OOOO[O-]. The third-order valence-electron chi connectivity index (χ3n) is 0.0833. The first-order valence-electron chi connectivity index (χ1n) is 0.833. The molecule has 0 N–H and O–H groups in total. The molecule has 0 bridgehead atoms. The van der Waals surface area contributed by atoms with E-state index in [4.69, 9.17) is 10.5 Å². The van der Waals surface area contributed by atoms with Gasteiger partial charge in [-0.25, -0.2) is 0 Å². The van der Waals surface area contributed by atoms with Gasteiger partial charge in [0.25, 0.3) is 0 Å². The third-order valence-corrected chi connectivity index (χ3v) is 0.0833. The van der Waals surface area contributed by atoms with Crippen molar-refractivity contribution in [1.29, 1.82) is 0 Å². The van der Waals surface area contributed by atoms with E-state index in [0.29, 0.717) is 0 Å². The first-order chi connectivity index (χ1) is 2.91. The summed E-state index contributed by atoms with van der Waals surface area (Å²) < 4.78 is 0. The summed E-state index contributed by atoms with van der Waals surface area (Å²) in [6, 6.07) is 0. The van der Waals surface area contributed by atoms with Crippen molar-refractivity contribution in [2.24, 2.45) is 0 Å². The van der Waals surface area contributed by atoms with Gasteiger partial charge in [0.05, 0.1) is 0 Å². The molecule has 8 heavy (non-hydrogen) atoms. The summed E-state index contributed by atoms with van der Waals surface area (Å²) in [4.78, 5) is 0. The predicted octanol–water partition coefficient (Wildman–Crippen LogP) is -8.64. The smallest absolute Gasteiger partial charge is 0.689 e. The van der Waals surface area contributed by atoms with Crippen molar-refractivity contribution in [2.75, 3.05) is 0 Å². The van der Waals surface area contributed by atoms with Gasteiger partial charge >= 0.3 is 103 Å². The van der Waals surface area contributed by atoms with Gasteiger partial charge in [0.15, 0.2) is 0 Å². The number of hydrogen-bond acceptors (Lipinski definition) is 6. The Balaban J connectivity index is -0.000000125. The van der Waals surface area contributed by atoms with Crippen molar-refractivity contribution in [3.05, 3.63) is 0 Å². The molecule has 0 aliphatic carbocycles. The molecule has 0 atom stereocenters. The summed E-state index contributed by atoms with van der Waals surface area (Å²) >= 11 is 0. The van der Waals surface area contributed by atoms with E-state index in [1.807, 2.05) is 0 Å². The Morgan fingerprint density at radius 1 is 0.750 bits per heavy atom. The van der Waals surface area contributed by atoms with Crippen molar-refractivity contribution >= 4 is 0 Å². The Hall–Kier alpha value is 3.03. The topological polar surface area (TPSA) is 83.0 Å². The Kier molecular flexibility index (Phi) is 35.6. The quantitative estimate of drug-likeness (QED) is 0.183. The molecule has 0 aromatic carbocycles. The minimum absolute atomic E-state index is 0. The first kappa shape index (κ1) is 17.2. The standard InChI is InChI=1S/2K.H2O6/c;;1-3-5-6-4-2/h;;1-2H/q2*+1;/p-2.